The molecular weight excluding hydrogens is 452 g/mol. The van der Waals surface area contributed by atoms with Crippen molar-refractivity contribution in [3.05, 3.63) is 25.3 Å². The number of amides is 2. The minimum Gasteiger partial charge on any atom is -0.465 e. The minimum atomic E-state index is -0.648. The van der Waals surface area contributed by atoms with Crippen LogP contribution in [-0.2, 0) is 19.1 Å². The van der Waals surface area contributed by atoms with E-state index in [0.717, 1.165) is 25.7 Å². The third kappa shape index (κ3) is 4.68. The Morgan fingerprint density at radius 1 is 1.26 bits per heavy atom. The highest BCUT2D eigenvalue weighted by atomic mass is 32.2. The lowest BCUT2D eigenvalue weighted by molar-refractivity contribution is -0.155. The average molecular weight is 493 g/mol. The average Bonchev–Trinajstić information content (AvgIpc) is 3.37. The predicted molar refractivity (Wildman–Crippen MR) is 134 cm³/mol. The number of esters is 1. The molecular formula is C26H40N2O5S. The van der Waals surface area contributed by atoms with E-state index in [1.54, 1.807) is 28.8 Å². The predicted octanol–water partition coefficient (Wildman–Crippen LogP) is 3.17. The van der Waals surface area contributed by atoms with E-state index in [-0.39, 0.29) is 31.0 Å². The Labute approximate surface area is 208 Å². The number of aliphatic hydroxyl groups is 1. The molecule has 2 amide bonds. The third-order valence-electron chi connectivity index (χ3n) is 7.58. The first-order chi connectivity index (χ1) is 16.3. The first-order valence-electron chi connectivity index (χ1n) is 12.6. The molecule has 0 aromatic carbocycles. The number of nitrogens with zero attached hydrogens (tertiary/aromatic N) is 2. The van der Waals surface area contributed by atoms with Crippen molar-refractivity contribution < 1.29 is 24.2 Å². The molecule has 3 fully saturated rings. The van der Waals surface area contributed by atoms with Gasteiger partial charge in [0, 0.05) is 31.0 Å². The maximum Gasteiger partial charge on any atom is 0.311 e. The normalized spacial score (nSPS) is 31.4. The van der Waals surface area contributed by atoms with E-state index in [0.29, 0.717) is 38.9 Å². The van der Waals surface area contributed by atoms with Crippen LogP contribution in [0.4, 0.5) is 0 Å². The zero-order valence-corrected chi connectivity index (χ0v) is 21.5. The molecule has 190 valence electrons. The van der Waals surface area contributed by atoms with E-state index in [2.05, 4.69) is 20.1 Å². The Kier molecular flexibility index (Phi) is 8.90. The lowest BCUT2D eigenvalue weighted by Gasteiger charge is -2.37. The summed E-state index contributed by atoms with van der Waals surface area (Å²) >= 11 is 1.65. The molecule has 5 atom stereocenters. The van der Waals surface area contributed by atoms with Gasteiger partial charge in [0.05, 0.1) is 23.2 Å². The Balaban J connectivity index is 1.96. The number of carbonyl (C=O) groups is 3. The Hall–Kier alpha value is -1.80. The van der Waals surface area contributed by atoms with Gasteiger partial charge in [-0.05, 0) is 39.0 Å². The zero-order valence-electron chi connectivity index (χ0n) is 20.7. The van der Waals surface area contributed by atoms with Gasteiger partial charge in [-0.25, -0.2) is 0 Å². The highest BCUT2D eigenvalue weighted by Gasteiger charge is 2.77. The summed E-state index contributed by atoms with van der Waals surface area (Å²) in [6.07, 6.45) is 8.83. The van der Waals surface area contributed by atoms with Crippen molar-refractivity contribution in [1.29, 1.82) is 0 Å². The van der Waals surface area contributed by atoms with E-state index in [1.165, 1.54) is 0 Å². The largest absolute Gasteiger partial charge is 0.465 e. The fourth-order valence-corrected chi connectivity index (χ4v) is 8.39. The van der Waals surface area contributed by atoms with Crippen LogP contribution in [0.1, 0.15) is 58.8 Å². The second-order valence-electron chi connectivity index (χ2n) is 9.86. The van der Waals surface area contributed by atoms with Crippen molar-refractivity contribution in [2.24, 2.45) is 11.8 Å². The van der Waals surface area contributed by atoms with Crippen molar-refractivity contribution in [2.75, 3.05) is 32.8 Å². The Morgan fingerprint density at radius 2 is 2.03 bits per heavy atom. The number of aliphatic hydroxyl groups excluding tert-OH is 1. The van der Waals surface area contributed by atoms with Crippen LogP contribution in [0.5, 0.6) is 0 Å². The van der Waals surface area contributed by atoms with Crippen LogP contribution in [0.25, 0.3) is 0 Å². The summed E-state index contributed by atoms with van der Waals surface area (Å²) in [6.45, 7) is 13.2. The van der Waals surface area contributed by atoms with Gasteiger partial charge in [-0.1, -0.05) is 31.9 Å². The van der Waals surface area contributed by atoms with Crippen molar-refractivity contribution >= 4 is 29.5 Å². The van der Waals surface area contributed by atoms with Gasteiger partial charge in [-0.15, -0.1) is 24.9 Å². The van der Waals surface area contributed by atoms with Gasteiger partial charge in [0.2, 0.25) is 11.8 Å². The second-order valence-corrected chi connectivity index (χ2v) is 11.8. The molecule has 0 saturated carbocycles. The molecule has 0 aromatic rings. The molecule has 34 heavy (non-hydrogen) atoms. The highest BCUT2D eigenvalue weighted by Crippen LogP contribution is 2.71. The fraction of sp³-hybridized carbons (Fsp3) is 0.731. The molecule has 3 rings (SSSR count). The smallest absolute Gasteiger partial charge is 0.311 e. The number of hydrogen-bond donors (Lipinski definition) is 1. The summed E-state index contributed by atoms with van der Waals surface area (Å²) in [5.74, 6) is -1.73. The van der Waals surface area contributed by atoms with Crippen LogP contribution >= 0.6 is 11.8 Å². The third-order valence-corrected chi connectivity index (χ3v) is 9.57. The Bertz CT molecular complexity index is 804. The lowest BCUT2D eigenvalue weighted by atomic mass is 9.66. The molecule has 2 unspecified atom stereocenters. The van der Waals surface area contributed by atoms with E-state index in [1.807, 2.05) is 11.8 Å². The maximum atomic E-state index is 14.0. The van der Waals surface area contributed by atoms with Gasteiger partial charge in [-0.2, -0.15) is 0 Å². The number of unbranched alkanes of at least 4 members (excludes halogenated alkanes) is 2. The number of rotatable bonds is 14. The van der Waals surface area contributed by atoms with Gasteiger partial charge in [0.15, 0.2) is 0 Å². The topological polar surface area (TPSA) is 87.1 Å². The molecule has 3 aliphatic rings. The summed E-state index contributed by atoms with van der Waals surface area (Å²) in [7, 11) is 0. The molecule has 3 heterocycles. The van der Waals surface area contributed by atoms with Crippen LogP contribution in [-0.4, -0.2) is 81.1 Å². The molecule has 3 aliphatic heterocycles. The summed E-state index contributed by atoms with van der Waals surface area (Å²) in [4.78, 5) is 44.6. The van der Waals surface area contributed by atoms with E-state index < -0.39 is 27.4 Å². The molecule has 1 N–H and O–H groups in total. The fourth-order valence-electron chi connectivity index (χ4n) is 6.05. The molecule has 0 aliphatic carbocycles. The molecule has 8 heteroatoms. The number of hydrogen-bond acceptors (Lipinski definition) is 6. The van der Waals surface area contributed by atoms with Gasteiger partial charge < -0.3 is 19.6 Å². The first-order valence-corrected chi connectivity index (χ1v) is 13.4. The van der Waals surface area contributed by atoms with Gasteiger partial charge >= 0.3 is 5.97 Å². The first kappa shape index (κ1) is 26.8. The van der Waals surface area contributed by atoms with Crippen LogP contribution in [0.3, 0.4) is 0 Å². The van der Waals surface area contributed by atoms with E-state index in [9.17, 15) is 19.5 Å². The maximum absolute atomic E-state index is 14.0. The monoisotopic (exact) mass is 492 g/mol. The van der Waals surface area contributed by atoms with Crippen LogP contribution < -0.4 is 0 Å². The molecule has 7 nitrogen and oxygen atoms in total. The molecule has 1 spiro atoms. The van der Waals surface area contributed by atoms with Crippen LogP contribution in [0.15, 0.2) is 25.3 Å². The molecule has 0 aromatic heterocycles. The standard InChI is InChI=1S/C26H40N2O5S/c1-5-8-10-15-27(14-7-3)23(31)21-26-13-12-25(4,34-26)20(24(32)33-18-9-6-2)19(26)22(30)28(21)16-11-17-29/h6-7,19-21,29H,2-3,5,8-18H2,1,4H3/t19-,20+,21?,25-,26?/m0/s1. The number of carbonyl (C=O) groups excluding carboxylic acids is 3. The number of fused-ring (bicyclic) bond motifs is 1. The van der Waals surface area contributed by atoms with Gasteiger partial charge in [-0.3, -0.25) is 14.4 Å². The van der Waals surface area contributed by atoms with Gasteiger partial charge in [0.1, 0.15) is 6.04 Å². The summed E-state index contributed by atoms with van der Waals surface area (Å²) in [5.41, 5.74) is 0. The van der Waals surface area contributed by atoms with E-state index >= 15 is 0 Å². The second kappa shape index (κ2) is 11.3. The quantitative estimate of drug-likeness (QED) is 0.228. The summed E-state index contributed by atoms with van der Waals surface area (Å²) < 4.78 is 4.48. The molecule has 3 saturated heterocycles. The lowest BCUT2D eigenvalue weighted by Crippen LogP contribution is -2.55. The SMILES string of the molecule is C=CCCOC(=O)[C@H]1[C@H]2C(=O)N(CCCO)C(C(=O)N(CC=C)CCCCC)C23CC[C@]1(C)S3. The van der Waals surface area contributed by atoms with Crippen molar-refractivity contribution in [1.82, 2.24) is 9.80 Å². The van der Waals surface area contributed by atoms with Crippen LogP contribution in [0.2, 0.25) is 0 Å². The van der Waals surface area contributed by atoms with Crippen molar-refractivity contribution in [3.63, 3.8) is 0 Å². The van der Waals surface area contributed by atoms with E-state index in [4.69, 9.17) is 4.74 Å². The molecule has 0 radical (unpaired) electrons. The highest BCUT2D eigenvalue weighted by molar-refractivity contribution is 8.02. The molecule has 2 bridgehead atoms. The summed E-state index contributed by atoms with van der Waals surface area (Å²) in [6, 6.07) is -0.643. The number of ether oxygens (including phenoxy) is 1. The number of likely N-dealkylation sites (tertiary alicyclic amines) is 1. The van der Waals surface area contributed by atoms with Crippen LogP contribution in [0, 0.1) is 11.8 Å². The van der Waals surface area contributed by atoms with Gasteiger partial charge in [0.25, 0.3) is 0 Å². The number of thioether (sulfide) groups is 1. The summed E-state index contributed by atoms with van der Waals surface area (Å²) in [5, 5.41) is 9.47. The minimum absolute atomic E-state index is 0.0624. The van der Waals surface area contributed by atoms with Crippen molar-refractivity contribution in [3.8, 4) is 0 Å². The van der Waals surface area contributed by atoms with Crippen molar-refractivity contribution in [2.45, 2.75) is 74.3 Å². The Morgan fingerprint density at radius 3 is 2.68 bits per heavy atom. The zero-order chi connectivity index (χ0) is 24.9.